The molecule has 1 aromatic heterocycles. The summed E-state index contributed by atoms with van der Waals surface area (Å²) in [5.41, 5.74) is 0.315. The highest BCUT2D eigenvalue weighted by atomic mass is 16.2. The number of nitrogens with zero attached hydrogens (tertiary/aromatic N) is 4. The van der Waals surface area contributed by atoms with E-state index in [4.69, 9.17) is 0 Å². The molecule has 2 heterocycles. The van der Waals surface area contributed by atoms with Gasteiger partial charge in [0, 0.05) is 13.1 Å². The molecule has 1 aliphatic carbocycles. The number of hydrogen-bond donors (Lipinski definition) is 0. The van der Waals surface area contributed by atoms with Crippen molar-refractivity contribution < 1.29 is 4.79 Å². The zero-order chi connectivity index (χ0) is 16.5. The molecule has 0 bridgehead atoms. The van der Waals surface area contributed by atoms with E-state index in [1.807, 2.05) is 11.0 Å². The fourth-order valence-electron chi connectivity index (χ4n) is 4.18. The average molecular weight is 326 g/mol. The van der Waals surface area contributed by atoms with E-state index in [2.05, 4.69) is 10.3 Å². The van der Waals surface area contributed by atoms with Gasteiger partial charge in [0.1, 0.15) is 12.1 Å². The summed E-state index contributed by atoms with van der Waals surface area (Å²) in [5, 5.41) is 8.48. The van der Waals surface area contributed by atoms with Crippen LogP contribution in [0.1, 0.15) is 32.1 Å². The van der Waals surface area contributed by atoms with Gasteiger partial charge in [0.05, 0.1) is 5.39 Å². The number of hydrogen-bond acceptors (Lipinski definition) is 4. The fraction of sp³-hybridized carbons (Fsp3) is 0.556. The summed E-state index contributed by atoms with van der Waals surface area (Å²) in [4.78, 5) is 27.0. The Morgan fingerprint density at radius 2 is 1.92 bits per heavy atom. The number of benzene rings is 1. The van der Waals surface area contributed by atoms with Crippen LogP contribution in [0.2, 0.25) is 0 Å². The smallest absolute Gasteiger partial charge is 0.278 e. The van der Waals surface area contributed by atoms with Gasteiger partial charge in [0.2, 0.25) is 5.91 Å². The molecular formula is C18H22N4O2. The number of likely N-dealkylation sites (tertiary alicyclic amines) is 1. The number of piperidine rings is 1. The molecule has 2 aliphatic rings. The van der Waals surface area contributed by atoms with Crippen molar-refractivity contribution in [2.24, 2.45) is 11.8 Å². The Labute approximate surface area is 140 Å². The highest BCUT2D eigenvalue weighted by molar-refractivity contribution is 5.78. The largest absolute Gasteiger partial charge is 0.341 e. The molecule has 1 saturated carbocycles. The van der Waals surface area contributed by atoms with Gasteiger partial charge >= 0.3 is 0 Å². The molecule has 24 heavy (non-hydrogen) atoms. The lowest BCUT2D eigenvalue weighted by Crippen LogP contribution is -2.46. The Kier molecular flexibility index (Phi) is 4.04. The highest BCUT2D eigenvalue weighted by Gasteiger charge is 2.33. The zero-order valence-corrected chi connectivity index (χ0v) is 13.7. The second kappa shape index (κ2) is 6.34. The Balaban J connectivity index is 1.50. The summed E-state index contributed by atoms with van der Waals surface area (Å²) in [6, 6.07) is 7.09. The van der Waals surface area contributed by atoms with E-state index >= 15 is 0 Å². The minimum absolute atomic E-state index is 0.0198. The van der Waals surface area contributed by atoms with Gasteiger partial charge in [0.25, 0.3) is 5.56 Å². The van der Waals surface area contributed by atoms with Crippen LogP contribution < -0.4 is 5.56 Å². The van der Waals surface area contributed by atoms with Gasteiger partial charge in [-0.1, -0.05) is 36.6 Å². The normalized spacial score (nSPS) is 23.9. The number of carbonyl (C=O) groups excluding carboxylic acids is 1. The minimum atomic E-state index is -0.249. The lowest BCUT2D eigenvalue weighted by Gasteiger charge is -2.41. The molecule has 0 spiro atoms. The van der Waals surface area contributed by atoms with Crippen LogP contribution in [-0.2, 0) is 11.3 Å². The lowest BCUT2D eigenvalue weighted by molar-refractivity contribution is -0.135. The molecule has 2 fully saturated rings. The molecule has 1 aromatic carbocycles. The van der Waals surface area contributed by atoms with Crippen LogP contribution in [0.4, 0.5) is 0 Å². The van der Waals surface area contributed by atoms with Gasteiger partial charge in [-0.25, -0.2) is 4.68 Å². The Bertz CT molecular complexity index is 816. The first kappa shape index (κ1) is 15.3. The molecular weight excluding hydrogens is 304 g/mol. The highest BCUT2D eigenvalue weighted by Crippen LogP contribution is 2.36. The van der Waals surface area contributed by atoms with Crippen LogP contribution in [0.15, 0.2) is 29.1 Å². The third kappa shape index (κ3) is 2.81. The first-order chi connectivity index (χ1) is 11.7. The van der Waals surface area contributed by atoms with Crippen molar-refractivity contribution in [3.05, 3.63) is 34.6 Å². The van der Waals surface area contributed by atoms with Crippen molar-refractivity contribution in [3.63, 3.8) is 0 Å². The van der Waals surface area contributed by atoms with E-state index in [1.54, 1.807) is 18.2 Å². The van der Waals surface area contributed by atoms with Crippen molar-refractivity contribution in [2.75, 3.05) is 13.1 Å². The lowest BCUT2D eigenvalue weighted by atomic mass is 9.75. The van der Waals surface area contributed by atoms with Gasteiger partial charge in [-0.05, 0) is 36.8 Å². The molecule has 2 atom stereocenters. The third-order valence-corrected chi connectivity index (χ3v) is 5.56. The molecule has 1 aliphatic heterocycles. The van der Waals surface area contributed by atoms with Gasteiger partial charge in [-0.3, -0.25) is 9.59 Å². The molecule has 6 heteroatoms. The van der Waals surface area contributed by atoms with E-state index in [9.17, 15) is 9.59 Å². The fourth-order valence-corrected chi connectivity index (χ4v) is 4.18. The number of fused-ring (bicyclic) bond motifs is 2. The second-order valence-electron chi connectivity index (χ2n) is 7.00. The van der Waals surface area contributed by atoms with Crippen LogP contribution in [0, 0.1) is 11.8 Å². The summed E-state index contributed by atoms with van der Waals surface area (Å²) in [5.74, 6) is 1.40. The molecule has 0 radical (unpaired) electrons. The molecule has 0 unspecified atom stereocenters. The Morgan fingerprint density at radius 1 is 1.12 bits per heavy atom. The van der Waals surface area contributed by atoms with Crippen molar-refractivity contribution >= 4 is 16.8 Å². The first-order valence-corrected chi connectivity index (χ1v) is 8.82. The molecule has 4 rings (SSSR count). The monoisotopic (exact) mass is 326 g/mol. The topological polar surface area (TPSA) is 68.1 Å². The quantitative estimate of drug-likeness (QED) is 0.844. The molecule has 1 amide bonds. The number of rotatable bonds is 2. The van der Waals surface area contributed by atoms with Gasteiger partial charge < -0.3 is 4.90 Å². The molecule has 6 nitrogen and oxygen atoms in total. The summed E-state index contributed by atoms with van der Waals surface area (Å²) < 4.78 is 1.19. The maximum absolute atomic E-state index is 12.6. The minimum Gasteiger partial charge on any atom is -0.341 e. The van der Waals surface area contributed by atoms with Crippen molar-refractivity contribution in [3.8, 4) is 0 Å². The standard InChI is InChI=1S/C18H22N4O2/c23-17(21-10-9-13-5-1-2-6-14(13)11-21)12-22-18(24)15-7-3-4-8-16(15)19-20-22/h3-4,7-8,13-14H,1-2,5-6,9-12H2/t13-,14-/m0/s1. The first-order valence-electron chi connectivity index (χ1n) is 8.82. The van der Waals surface area contributed by atoms with Crippen LogP contribution in [-0.4, -0.2) is 38.9 Å². The predicted molar refractivity (Wildman–Crippen MR) is 90.4 cm³/mol. The van der Waals surface area contributed by atoms with E-state index in [0.717, 1.165) is 25.4 Å². The van der Waals surface area contributed by atoms with E-state index in [0.29, 0.717) is 16.8 Å². The SMILES string of the molecule is O=C(Cn1nnc2ccccc2c1=O)N1CC[C@@H]2CCCC[C@H]2C1. The summed E-state index contributed by atoms with van der Waals surface area (Å²) in [6.07, 6.45) is 6.23. The van der Waals surface area contributed by atoms with Crippen LogP contribution in [0.5, 0.6) is 0 Å². The van der Waals surface area contributed by atoms with E-state index < -0.39 is 0 Å². The van der Waals surface area contributed by atoms with Gasteiger partial charge in [-0.15, -0.1) is 5.10 Å². The van der Waals surface area contributed by atoms with Gasteiger partial charge in [0.15, 0.2) is 0 Å². The zero-order valence-electron chi connectivity index (χ0n) is 13.7. The predicted octanol–water partition coefficient (Wildman–Crippen LogP) is 1.83. The van der Waals surface area contributed by atoms with E-state index in [-0.39, 0.29) is 18.0 Å². The Hall–Kier alpha value is -2.24. The average Bonchev–Trinajstić information content (AvgIpc) is 2.64. The van der Waals surface area contributed by atoms with Crippen molar-refractivity contribution in [1.82, 2.24) is 19.9 Å². The van der Waals surface area contributed by atoms with Crippen LogP contribution >= 0.6 is 0 Å². The molecule has 0 N–H and O–H groups in total. The summed E-state index contributed by atoms with van der Waals surface area (Å²) in [6.45, 7) is 1.61. The van der Waals surface area contributed by atoms with Crippen molar-refractivity contribution in [1.29, 1.82) is 0 Å². The van der Waals surface area contributed by atoms with Gasteiger partial charge in [-0.2, -0.15) is 0 Å². The number of carbonyl (C=O) groups is 1. The molecule has 1 saturated heterocycles. The maximum atomic E-state index is 12.6. The second-order valence-corrected chi connectivity index (χ2v) is 7.00. The summed E-state index contributed by atoms with van der Waals surface area (Å²) in [7, 11) is 0. The van der Waals surface area contributed by atoms with E-state index in [1.165, 1.54) is 30.4 Å². The number of amides is 1. The van der Waals surface area contributed by atoms with Crippen LogP contribution in [0.25, 0.3) is 10.9 Å². The third-order valence-electron chi connectivity index (χ3n) is 5.56. The maximum Gasteiger partial charge on any atom is 0.278 e. The summed E-state index contributed by atoms with van der Waals surface area (Å²) >= 11 is 0. The Morgan fingerprint density at radius 3 is 2.79 bits per heavy atom. The number of aromatic nitrogens is 3. The molecule has 126 valence electrons. The molecule has 2 aromatic rings. The van der Waals surface area contributed by atoms with Crippen LogP contribution in [0.3, 0.4) is 0 Å². The van der Waals surface area contributed by atoms with Crippen molar-refractivity contribution in [2.45, 2.75) is 38.6 Å².